The maximum absolute atomic E-state index is 13.5. The van der Waals surface area contributed by atoms with Crippen LogP contribution in [0.4, 0.5) is 15.8 Å². The Morgan fingerprint density at radius 3 is 2.44 bits per heavy atom. The van der Waals surface area contributed by atoms with E-state index >= 15 is 0 Å². The fourth-order valence-corrected chi connectivity index (χ4v) is 1.67. The molecule has 0 aliphatic carbocycles. The maximum Gasteiger partial charge on any atom is 0.146 e. The number of benzene rings is 2. The number of anilines is 2. The minimum atomic E-state index is -0.373. The van der Waals surface area contributed by atoms with Gasteiger partial charge in [-0.1, -0.05) is 29.8 Å². The molecule has 0 amide bonds. The lowest BCUT2D eigenvalue weighted by atomic mass is 10.2. The molecule has 0 saturated heterocycles. The van der Waals surface area contributed by atoms with Gasteiger partial charge in [-0.05, 0) is 31.2 Å². The van der Waals surface area contributed by atoms with Crippen molar-refractivity contribution in [3.63, 3.8) is 0 Å². The van der Waals surface area contributed by atoms with E-state index in [0.29, 0.717) is 5.56 Å². The van der Waals surface area contributed by atoms with Crippen LogP contribution >= 0.6 is 11.6 Å². The molecule has 1 N–H and O–H groups in total. The van der Waals surface area contributed by atoms with Gasteiger partial charge in [-0.25, -0.2) is 4.39 Å². The Labute approximate surface area is 98.9 Å². The molecule has 0 saturated carbocycles. The minimum absolute atomic E-state index is 0.149. The van der Waals surface area contributed by atoms with Crippen molar-refractivity contribution in [2.24, 2.45) is 0 Å². The summed E-state index contributed by atoms with van der Waals surface area (Å²) in [4.78, 5) is 0. The lowest BCUT2D eigenvalue weighted by molar-refractivity contribution is 0.620. The summed E-state index contributed by atoms with van der Waals surface area (Å²) < 4.78 is 13.5. The number of halogens is 2. The Balaban J connectivity index is 2.33. The van der Waals surface area contributed by atoms with Gasteiger partial charge in [0.15, 0.2) is 0 Å². The van der Waals surface area contributed by atoms with Gasteiger partial charge in [0.05, 0.1) is 5.02 Å². The molecule has 2 rings (SSSR count). The number of rotatable bonds is 2. The van der Waals surface area contributed by atoms with E-state index in [4.69, 9.17) is 11.6 Å². The van der Waals surface area contributed by atoms with Crippen molar-refractivity contribution in [2.45, 2.75) is 6.92 Å². The van der Waals surface area contributed by atoms with Crippen molar-refractivity contribution >= 4 is 23.0 Å². The SMILES string of the molecule is Cc1c(Nc2ccccc2)ccc(Cl)c1F. The average molecular weight is 236 g/mol. The predicted molar refractivity (Wildman–Crippen MR) is 65.9 cm³/mol. The second-order valence-corrected chi connectivity index (χ2v) is 3.93. The van der Waals surface area contributed by atoms with Crippen LogP contribution < -0.4 is 5.32 Å². The van der Waals surface area contributed by atoms with Crippen LogP contribution in [0.3, 0.4) is 0 Å². The van der Waals surface area contributed by atoms with E-state index in [1.807, 2.05) is 30.3 Å². The number of hydrogen-bond acceptors (Lipinski definition) is 1. The molecule has 2 aromatic carbocycles. The second kappa shape index (κ2) is 4.54. The molecule has 0 unspecified atom stereocenters. The highest BCUT2D eigenvalue weighted by molar-refractivity contribution is 6.30. The van der Waals surface area contributed by atoms with Crippen molar-refractivity contribution in [1.29, 1.82) is 0 Å². The Bertz CT molecular complexity index is 497. The molecular weight excluding hydrogens is 225 g/mol. The van der Waals surface area contributed by atoms with E-state index in [2.05, 4.69) is 5.32 Å². The summed E-state index contributed by atoms with van der Waals surface area (Å²) in [5.41, 5.74) is 2.18. The Morgan fingerprint density at radius 2 is 1.75 bits per heavy atom. The van der Waals surface area contributed by atoms with Gasteiger partial charge < -0.3 is 5.32 Å². The minimum Gasteiger partial charge on any atom is -0.355 e. The van der Waals surface area contributed by atoms with Gasteiger partial charge in [0.2, 0.25) is 0 Å². The molecule has 0 spiro atoms. The molecule has 0 fully saturated rings. The van der Waals surface area contributed by atoms with E-state index in [1.165, 1.54) is 0 Å². The van der Waals surface area contributed by atoms with Crippen LogP contribution in [0, 0.1) is 12.7 Å². The summed E-state index contributed by atoms with van der Waals surface area (Å²) in [5.74, 6) is -0.373. The third kappa shape index (κ3) is 2.17. The highest BCUT2D eigenvalue weighted by Gasteiger charge is 2.07. The Kier molecular flexibility index (Phi) is 3.11. The van der Waals surface area contributed by atoms with Crippen LogP contribution in [0.5, 0.6) is 0 Å². The van der Waals surface area contributed by atoms with E-state index in [9.17, 15) is 4.39 Å². The van der Waals surface area contributed by atoms with Crippen molar-refractivity contribution in [3.8, 4) is 0 Å². The first kappa shape index (κ1) is 11.0. The zero-order valence-corrected chi connectivity index (χ0v) is 9.55. The van der Waals surface area contributed by atoms with Gasteiger partial charge in [0.25, 0.3) is 0 Å². The molecule has 3 heteroatoms. The molecule has 0 aromatic heterocycles. The van der Waals surface area contributed by atoms with E-state index in [0.717, 1.165) is 11.4 Å². The molecule has 82 valence electrons. The van der Waals surface area contributed by atoms with Crippen LogP contribution in [-0.4, -0.2) is 0 Å². The van der Waals surface area contributed by atoms with Crippen LogP contribution in [-0.2, 0) is 0 Å². The quantitative estimate of drug-likeness (QED) is 0.806. The lowest BCUT2D eigenvalue weighted by Crippen LogP contribution is -1.95. The molecule has 1 nitrogen and oxygen atoms in total. The number of hydrogen-bond donors (Lipinski definition) is 1. The summed E-state index contributed by atoms with van der Waals surface area (Å²) in [6.07, 6.45) is 0. The third-order valence-corrected chi connectivity index (χ3v) is 2.68. The van der Waals surface area contributed by atoms with Crippen LogP contribution in [0.15, 0.2) is 42.5 Å². The summed E-state index contributed by atoms with van der Waals surface area (Å²) in [7, 11) is 0. The summed E-state index contributed by atoms with van der Waals surface area (Å²) in [5, 5.41) is 3.29. The van der Waals surface area contributed by atoms with Crippen molar-refractivity contribution < 1.29 is 4.39 Å². The lowest BCUT2D eigenvalue weighted by Gasteiger charge is -2.10. The monoisotopic (exact) mass is 235 g/mol. The second-order valence-electron chi connectivity index (χ2n) is 3.52. The standard InChI is InChI=1S/C13H11ClFN/c1-9-12(8-7-11(14)13(9)15)16-10-5-3-2-4-6-10/h2-8,16H,1H3. The zero-order chi connectivity index (χ0) is 11.5. The predicted octanol–water partition coefficient (Wildman–Crippen LogP) is 4.53. The molecule has 0 radical (unpaired) electrons. The van der Waals surface area contributed by atoms with E-state index < -0.39 is 0 Å². The molecular formula is C13H11ClFN. The Hall–Kier alpha value is -1.54. The van der Waals surface area contributed by atoms with E-state index in [1.54, 1.807) is 19.1 Å². The molecule has 0 aliphatic rings. The first-order chi connectivity index (χ1) is 7.68. The average Bonchev–Trinajstić information content (AvgIpc) is 2.31. The van der Waals surface area contributed by atoms with Crippen molar-refractivity contribution in [2.75, 3.05) is 5.32 Å². The largest absolute Gasteiger partial charge is 0.355 e. The van der Waals surface area contributed by atoms with Gasteiger partial charge in [-0.15, -0.1) is 0 Å². The first-order valence-electron chi connectivity index (χ1n) is 4.95. The van der Waals surface area contributed by atoms with Crippen molar-refractivity contribution in [1.82, 2.24) is 0 Å². The molecule has 0 bridgehead atoms. The summed E-state index contributed by atoms with van der Waals surface area (Å²) >= 11 is 5.69. The highest BCUT2D eigenvalue weighted by atomic mass is 35.5. The van der Waals surface area contributed by atoms with Gasteiger partial charge in [-0.2, -0.15) is 0 Å². The van der Waals surface area contributed by atoms with Gasteiger partial charge in [-0.3, -0.25) is 0 Å². The Morgan fingerprint density at radius 1 is 1.06 bits per heavy atom. The maximum atomic E-state index is 13.5. The normalized spacial score (nSPS) is 10.2. The zero-order valence-electron chi connectivity index (χ0n) is 8.80. The van der Waals surface area contributed by atoms with Gasteiger partial charge in [0, 0.05) is 16.9 Å². The van der Waals surface area contributed by atoms with Gasteiger partial charge >= 0.3 is 0 Å². The topological polar surface area (TPSA) is 12.0 Å². The van der Waals surface area contributed by atoms with E-state index in [-0.39, 0.29) is 10.8 Å². The van der Waals surface area contributed by atoms with Crippen molar-refractivity contribution in [3.05, 3.63) is 58.9 Å². The smallest absolute Gasteiger partial charge is 0.146 e. The molecule has 2 aromatic rings. The molecule has 16 heavy (non-hydrogen) atoms. The molecule has 0 heterocycles. The first-order valence-corrected chi connectivity index (χ1v) is 5.33. The molecule has 0 aliphatic heterocycles. The third-order valence-electron chi connectivity index (χ3n) is 2.39. The fourth-order valence-electron chi connectivity index (χ4n) is 1.46. The fraction of sp³-hybridized carbons (Fsp3) is 0.0769. The number of nitrogens with one attached hydrogen (secondary N) is 1. The molecule has 0 atom stereocenters. The number of para-hydroxylation sites is 1. The highest BCUT2D eigenvalue weighted by Crippen LogP contribution is 2.26. The summed E-state index contributed by atoms with van der Waals surface area (Å²) in [6, 6.07) is 12.9. The van der Waals surface area contributed by atoms with Crippen LogP contribution in [0.1, 0.15) is 5.56 Å². The van der Waals surface area contributed by atoms with Crippen LogP contribution in [0.25, 0.3) is 0 Å². The van der Waals surface area contributed by atoms with Crippen LogP contribution in [0.2, 0.25) is 5.02 Å². The van der Waals surface area contributed by atoms with Gasteiger partial charge in [0.1, 0.15) is 5.82 Å². The summed E-state index contributed by atoms with van der Waals surface area (Å²) in [6.45, 7) is 1.70.